The SMILES string of the molecule is Oc1cccc(-c2nccn2-c2cccc(-c3ccn[nH]3)c2)c1. The van der Waals surface area contributed by atoms with Crippen LogP contribution in [0.2, 0.25) is 0 Å². The van der Waals surface area contributed by atoms with E-state index in [-0.39, 0.29) is 5.75 Å². The molecule has 0 aliphatic heterocycles. The van der Waals surface area contributed by atoms with Crippen LogP contribution >= 0.6 is 0 Å². The van der Waals surface area contributed by atoms with Gasteiger partial charge in [0.2, 0.25) is 0 Å². The lowest BCUT2D eigenvalue weighted by molar-refractivity contribution is 0.475. The van der Waals surface area contributed by atoms with E-state index in [0.29, 0.717) is 0 Å². The van der Waals surface area contributed by atoms with E-state index in [9.17, 15) is 5.11 Å². The van der Waals surface area contributed by atoms with E-state index < -0.39 is 0 Å². The quantitative estimate of drug-likeness (QED) is 0.607. The van der Waals surface area contributed by atoms with Gasteiger partial charge in [0.1, 0.15) is 11.6 Å². The van der Waals surface area contributed by atoms with Crippen LogP contribution in [-0.2, 0) is 0 Å². The molecule has 0 spiro atoms. The number of aromatic nitrogens is 4. The van der Waals surface area contributed by atoms with E-state index in [4.69, 9.17) is 0 Å². The Labute approximate surface area is 132 Å². The number of benzene rings is 2. The molecule has 0 amide bonds. The maximum Gasteiger partial charge on any atom is 0.144 e. The van der Waals surface area contributed by atoms with E-state index in [1.54, 1.807) is 24.5 Å². The van der Waals surface area contributed by atoms with Crippen LogP contribution in [0.1, 0.15) is 0 Å². The number of rotatable bonds is 3. The summed E-state index contributed by atoms with van der Waals surface area (Å²) in [5, 5.41) is 16.7. The molecule has 2 heterocycles. The second kappa shape index (κ2) is 5.46. The van der Waals surface area contributed by atoms with Crippen LogP contribution in [0.5, 0.6) is 5.75 Å². The fourth-order valence-corrected chi connectivity index (χ4v) is 2.61. The van der Waals surface area contributed by atoms with Gasteiger partial charge in [-0.15, -0.1) is 0 Å². The molecule has 2 aromatic carbocycles. The highest BCUT2D eigenvalue weighted by atomic mass is 16.3. The molecule has 112 valence electrons. The van der Waals surface area contributed by atoms with Crippen molar-refractivity contribution >= 4 is 0 Å². The fraction of sp³-hybridized carbons (Fsp3) is 0. The maximum atomic E-state index is 9.69. The number of H-pyrrole nitrogens is 1. The molecule has 0 bridgehead atoms. The van der Waals surface area contributed by atoms with Gasteiger partial charge in [-0.3, -0.25) is 9.67 Å². The Bertz CT molecular complexity index is 941. The molecule has 2 aromatic heterocycles. The van der Waals surface area contributed by atoms with E-state index >= 15 is 0 Å². The number of hydrogen-bond acceptors (Lipinski definition) is 3. The zero-order valence-corrected chi connectivity index (χ0v) is 12.2. The number of imidazole rings is 1. The second-order valence-corrected chi connectivity index (χ2v) is 5.19. The van der Waals surface area contributed by atoms with Crippen LogP contribution in [0.15, 0.2) is 73.2 Å². The minimum Gasteiger partial charge on any atom is -0.508 e. The first-order valence-electron chi connectivity index (χ1n) is 7.24. The van der Waals surface area contributed by atoms with Crippen molar-refractivity contribution in [3.05, 3.63) is 73.2 Å². The Kier molecular flexibility index (Phi) is 3.16. The van der Waals surface area contributed by atoms with Crippen molar-refractivity contribution in [2.24, 2.45) is 0 Å². The lowest BCUT2D eigenvalue weighted by atomic mass is 10.1. The normalized spacial score (nSPS) is 10.8. The summed E-state index contributed by atoms with van der Waals surface area (Å²) >= 11 is 0. The molecule has 0 fully saturated rings. The Morgan fingerprint density at radius 1 is 0.913 bits per heavy atom. The van der Waals surface area contributed by atoms with Crippen LogP contribution in [-0.4, -0.2) is 24.9 Å². The predicted molar refractivity (Wildman–Crippen MR) is 88.2 cm³/mol. The highest BCUT2D eigenvalue weighted by Crippen LogP contribution is 2.26. The van der Waals surface area contributed by atoms with Gasteiger partial charge < -0.3 is 5.11 Å². The zero-order valence-electron chi connectivity index (χ0n) is 12.2. The van der Waals surface area contributed by atoms with E-state index in [2.05, 4.69) is 21.2 Å². The third kappa shape index (κ3) is 2.48. The van der Waals surface area contributed by atoms with Crippen LogP contribution in [0, 0.1) is 0 Å². The summed E-state index contributed by atoms with van der Waals surface area (Å²) < 4.78 is 1.99. The molecule has 0 atom stereocenters. The molecule has 0 saturated carbocycles. The first-order chi connectivity index (χ1) is 11.3. The average Bonchev–Trinajstić information content (AvgIpc) is 3.27. The number of phenols is 1. The van der Waals surface area contributed by atoms with Crippen molar-refractivity contribution in [3.8, 4) is 34.1 Å². The van der Waals surface area contributed by atoms with Crippen LogP contribution in [0.25, 0.3) is 28.3 Å². The maximum absolute atomic E-state index is 9.69. The highest BCUT2D eigenvalue weighted by molar-refractivity contribution is 5.65. The number of phenolic OH excluding ortho intramolecular Hbond substituents is 1. The standard InChI is InChI=1S/C18H14N4O/c23-16-6-2-4-14(12-16)18-19-9-10-22(18)15-5-1-3-13(11-15)17-7-8-20-21-17/h1-12,23H,(H,20,21). The Morgan fingerprint density at radius 2 is 1.78 bits per heavy atom. The van der Waals surface area contributed by atoms with E-state index in [1.807, 2.05) is 47.2 Å². The summed E-state index contributed by atoms with van der Waals surface area (Å²) in [6, 6.07) is 17.1. The highest BCUT2D eigenvalue weighted by Gasteiger charge is 2.09. The lowest BCUT2D eigenvalue weighted by Gasteiger charge is -2.09. The summed E-state index contributed by atoms with van der Waals surface area (Å²) in [4.78, 5) is 4.43. The van der Waals surface area contributed by atoms with Crippen LogP contribution in [0.3, 0.4) is 0 Å². The van der Waals surface area contributed by atoms with Gasteiger partial charge in [0.05, 0.1) is 5.69 Å². The zero-order chi connectivity index (χ0) is 15.6. The molecule has 2 N–H and O–H groups in total. The Hall–Kier alpha value is -3.34. The minimum atomic E-state index is 0.225. The Balaban J connectivity index is 1.81. The topological polar surface area (TPSA) is 66.7 Å². The summed E-state index contributed by atoms with van der Waals surface area (Å²) in [7, 11) is 0. The number of aromatic amines is 1. The number of nitrogens with one attached hydrogen (secondary N) is 1. The number of aromatic hydroxyl groups is 1. The summed E-state index contributed by atoms with van der Waals surface area (Å²) in [6.45, 7) is 0. The van der Waals surface area contributed by atoms with Gasteiger partial charge in [0.15, 0.2) is 0 Å². The smallest absolute Gasteiger partial charge is 0.144 e. The molecule has 23 heavy (non-hydrogen) atoms. The molecule has 5 nitrogen and oxygen atoms in total. The minimum absolute atomic E-state index is 0.225. The summed E-state index contributed by atoms with van der Waals surface area (Å²) in [5.41, 5.74) is 3.87. The number of hydrogen-bond donors (Lipinski definition) is 2. The third-order valence-electron chi connectivity index (χ3n) is 3.68. The predicted octanol–water partition coefficient (Wildman–Crippen LogP) is 3.64. The lowest BCUT2D eigenvalue weighted by Crippen LogP contribution is -1.96. The largest absolute Gasteiger partial charge is 0.508 e. The molecule has 0 saturated heterocycles. The monoisotopic (exact) mass is 302 g/mol. The molecular weight excluding hydrogens is 288 g/mol. The van der Waals surface area contributed by atoms with Crippen molar-refractivity contribution < 1.29 is 5.11 Å². The summed E-state index contributed by atoms with van der Waals surface area (Å²) in [5.74, 6) is 1.01. The molecule has 4 aromatic rings. The van der Waals surface area contributed by atoms with Crippen molar-refractivity contribution in [3.63, 3.8) is 0 Å². The van der Waals surface area contributed by atoms with Gasteiger partial charge in [-0.1, -0.05) is 24.3 Å². The number of nitrogens with zero attached hydrogens (tertiary/aromatic N) is 3. The molecule has 0 radical (unpaired) electrons. The first kappa shape index (κ1) is 13.3. The van der Waals surface area contributed by atoms with E-state index in [0.717, 1.165) is 28.3 Å². The van der Waals surface area contributed by atoms with Crippen LogP contribution in [0.4, 0.5) is 0 Å². The Morgan fingerprint density at radius 3 is 2.61 bits per heavy atom. The van der Waals surface area contributed by atoms with Crippen molar-refractivity contribution in [1.82, 2.24) is 19.7 Å². The fourth-order valence-electron chi connectivity index (χ4n) is 2.61. The molecule has 0 aliphatic carbocycles. The van der Waals surface area contributed by atoms with Gasteiger partial charge >= 0.3 is 0 Å². The van der Waals surface area contributed by atoms with E-state index in [1.165, 1.54) is 0 Å². The van der Waals surface area contributed by atoms with Gasteiger partial charge in [-0.2, -0.15) is 5.10 Å². The molecule has 0 unspecified atom stereocenters. The van der Waals surface area contributed by atoms with Crippen LogP contribution < -0.4 is 0 Å². The van der Waals surface area contributed by atoms with Gasteiger partial charge in [-0.25, -0.2) is 4.98 Å². The molecule has 4 rings (SSSR count). The molecular formula is C18H14N4O. The van der Waals surface area contributed by atoms with Crippen molar-refractivity contribution in [2.45, 2.75) is 0 Å². The molecule has 5 heteroatoms. The first-order valence-corrected chi connectivity index (χ1v) is 7.24. The van der Waals surface area contributed by atoms with Crippen molar-refractivity contribution in [1.29, 1.82) is 0 Å². The van der Waals surface area contributed by atoms with Gasteiger partial charge in [-0.05, 0) is 30.3 Å². The van der Waals surface area contributed by atoms with Crippen molar-refractivity contribution in [2.75, 3.05) is 0 Å². The third-order valence-corrected chi connectivity index (χ3v) is 3.68. The average molecular weight is 302 g/mol. The van der Waals surface area contributed by atoms with Gasteiger partial charge in [0, 0.05) is 35.4 Å². The summed E-state index contributed by atoms with van der Waals surface area (Å²) in [6.07, 6.45) is 5.39. The molecule has 0 aliphatic rings. The second-order valence-electron chi connectivity index (χ2n) is 5.19. The van der Waals surface area contributed by atoms with Gasteiger partial charge in [0.25, 0.3) is 0 Å².